The third-order valence-corrected chi connectivity index (χ3v) is 7.22. The number of aliphatic carboxylic acids is 1. The van der Waals surface area contributed by atoms with Crippen LogP contribution in [0, 0.1) is 0 Å². The Hall–Kier alpha value is -4.54. The Morgan fingerprint density at radius 1 is 0.721 bits per heavy atom. The zero-order valence-electron chi connectivity index (χ0n) is 24.4. The van der Waals surface area contributed by atoms with E-state index in [-0.39, 0.29) is 25.2 Å². The van der Waals surface area contributed by atoms with Crippen molar-refractivity contribution in [2.24, 2.45) is 11.5 Å². The maximum Gasteiger partial charge on any atom is 0.326 e. The van der Waals surface area contributed by atoms with Crippen molar-refractivity contribution in [3.8, 4) is 0 Å². The Labute approximate surface area is 252 Å². The van der Waals surface area contributed by atoms with Crippen LogP contribution in [0.4, 0.5) is 0 Å². The number of amides is 3. The van der Waals surface area contributed by atoms with Crippen LogP contribution in [0.25, 0.3) is 0 Å². The van der Waals surface area contributed by atoms with Crippen LogP contribution in [0.5, 0.6) is 0 Å². The number of carbonyl (C=O) groups is 4. The average molecular weight is 588 g/mol. The maximum absolute atomic E-state index is 13.7. The number of carboxylic acids is 1. The van der Waals surface area contributed by atoms with E-state index < -0.39 is 41.4 Å². The molecule has 0 spiro atoms. The van der Waals surface area contributed by atoms with Gasteiger partial charge in [0.1, 0.15) is 17.6 Å². The molecule has 3 rings (SSSR count). The summed E-state index contributed by atoms with van der Waals surface area (Å²) < 4.78 is 0. The van der Waals surface area contributed by atoms with Gasteiger partial charge in [-0.3, -0.25) is 14.4 Å². The molecule has 10 heteroatoms. The second-order valence-corrected chi connectivity index (χ2v) is 10.5. The highest BCUT2D eigenvalue weighted by atomic mass is 16.4. The van der Waals surface area contributed by atoms with Crippen LogP contribution in [0.3, 0.4) is 0 Å². The fourth-order valence-corrected chi connectivity index (χ4v) is 4.92. The molecule has 228 valence electrons. The predicted octanol–water partition coefficient (Wildman–Crippen LogP) is 2.41. The van der Waals surface area contributed by atoms with Gasteiger partial charge in [-0.2, -0.15) is 0 Å². The lowest BCUT2D eigenvalue weighted by atomic mass is 9.77. The van der Waals surface area contributed by atoms with Crippen molar-refractivity contribution < 1.29 is 24.3 Å². The van der Waals surface area contributed by atoms with Crippen LogP contribution in [0.15, 0.2) is 91.0 Å². The summed E-state index contributed by atoms with van der Waals surface area (Å²) in [6, 6.07) is 25.5. The Morgan fingerprint density at radius 2 is 1.19 bits per heavy atom. The highest BCUT2D eigenvalue weighted by Gasteiger charge is 2.38. The lowest BCUT2D eigenvalue weighted by Crippen LogP contribution is -2.54. The molecule has 0 saturated carbocycles. The van der Waals surface area contributed by atoms with Gasteiger partial charge in [0.2, 0.25) is 17.7 Å². The number of benzene rings is 3. The van der Waals surface area contributed by atoms with Crippen molar-refractivity contribution in [3.63, 3.8) is 0 Å². The largest absolute Gasteiger partial charge is 0.480 e. The first-order valence-electron chi connectivity index (χ1n) is 14.5. The molecule has 0 unspecified atom stereocenters. The topological polar surface area (TPSA) is 177 Å². The minimum absolute atomic E-state index is 0.0836. The first kappa shape index (κ1) is 33.0. The molecular weight excluding hydrogens is 546 g/mol. The van der Waals surface area contributed by atoms with Crippen LogP contribution in [-0.2, 0) is 24.7 Å². The van der Waals surface area contributed by atoms with Gasteiger partial charge in [-0.25, -0.2) is 4.79 Å². The number of carboxylic acid groups (broad SMARTS) is 1. The van der Waals surface area contributed by atoms with Gasteiger partial charge in [0.25, 0.3) is 0 Å². The number of nitrogens with one attached hydrogen (secondary N) is 3. The van der Waals surface area contributed by atoms with Gasteiger partial charge in [-0.1, -0.05) is 91.0 Å². The fraction of sp³-hybridized carbons (Fsp3) is 0.333. The van der Waals surface area contributed by atoms with Gasteiger partial charge >= 0.3 is 5.97 Å². The number of unbranched alkanes of at least 4 members (excludes halogenated alkanes) is 1. The zero-order valence-corrected chi connectivity index (χ0v) is 24.4. The Bertz CT molecular complexity index is 1240. The SMILES string of the molecule is C[C@H](N)C(=O)N[C@@H](CCC(=O)NC(c1ccccc1)(c1ccccc1)c1ccccc1)C(=O)N[C@@H](CCCCN)C(=O)O. The van der Waals surface area contributed by atoms with E-state index in [1.54, 1.807) is 0 Å². The molecule has 0 bridgehead atoms. The summed E-state index contributed by atoms with van der Waals surface area (Å²) >= 11 is 0. The molecule has 3 aromatic rings. The first-order chi connectivity index (χ1) is 20.7. The summed E-state index contributed by atoms with van der Waals surface area (Å²) in [5, 5.41) is 17.9. The van der Waals surface area contributed by atoms with Gasteiger partial charge < -0.3 is 32.5 Å². The Balaban J connectivity index is 1.89. The van der Waals surface area contributed by atoms with Crippen molar-refractivity contribution in [2.75, 3.05) is 6.54 Å². The fourth-order valence-electron chi connectivity index (χ4n) is 4.92. The van der Waals surface area contributed by atoms with Crippen molar-refractivity contribution in [3.05, 3.63) is 108 Å². The maximum atomic E-state index is 13.7. The highest BCUT2D eigenvalue weighted by Crippen LogP contribution is 2.36. The van der Waals surface area contributed by atoms with E-state index in [2.05, 4.69) is 16.0 Å². The minimum atomic E-state index is -1.20. The molecule has 0 aliphatic carbocycles. The number of carbonyl (C=O) groups excluding carboxylic acids is 3. The molecule has 0 saturated heterocycles. The van der Waals surface area contributed by atoms with Gasteiger partial charge in [0.05, 0.1) is 6.04 Å². The van der Waals surface area contributed by atoms with Crippen molar-refractivity contribution >= 4 is 23.7 Å². The van der Waals surface area contributed by atoms with Crippen LogP contribution in [0.2, 0.25) is 0 Å². The van der Waals surface area contributed by atoms with Crippen molar-refractivity contribution in [2.45, 2.75) is 62.7 Å². The van der Waals surface area contributed by atoms with Crippen LogP contribution in [0.1, 0.15) is 55.7 Å². The number of rotatable bonds is 16. The van der Waals surface area contributed by atoms with Crippen LogP contribution >= 0.6 is 0 Å². The molecule has 43 heavy (non-hydrogen) atoms. The van der Waals surface area contributed by atoms with Gasteiger partial charge in [-0.05, 0) is 55.8 Å². The first-order valence-corrected chi connectivity index (χ1v) is 14.5. The van der Waals surface area contributed by atoms with Gasteiger partial charge in [-0.15, -0.1) is 0 Å². The molecule has 0 fully saturated rings. The monoisotopic (exact) mass is 587 g/mol. The lowest BCUT2D eigenvalue weighted by Gasteiger charge is -2.37. The normalized spacial score (nSPS) is 13.3. The zero-order chi connectivity index (χ0) is 31.2. The molecule has 3 atom stereocenters. The standard InChI is InChI=1S/C33H41N5O5/c1-23(35)30(40)36-27(31(41)37-28(32(42)43)19-11-12-22-34)20-21-29(39)38-33(24-13-5-2-6-14-24,25-15-7-3-8-16-25)26-17-9-4-10-18-26/h2-10,13-18,23,27-28H,11-12,19-22,34-35H2,1H3,(H,36,40)(H,37,41)(H,38,39)(H,42,43)/t23-,27-,28-/m0/s1. The van der Waals surface area contributed by atoms with Crippen molar-refractivity contribution in [1.82, 2.24) is 16.0 Å². The molecule has 3 amide bonds. The van der Waals surface area contributed by atoms with E-state index >= 15 is 0 Å². The summed E-state index contributed by atoms with van der Waals surface area (Å²) in [5.41, 5.74) is 12.7. The molecule has 0 aliphatic rings. The van der Waals surface area contributed by atoms with E-state index in [0.29, 0.717) is 19.4 Å². The molecule has 0 radical (unpaired) electrons. The van der Waals surface area contributed by atoms with E-state index in [4.69, 9.17) is 11.5 Å². The summed E-state index contributed by atoms with van der Waals surface area (Å²) in [6.45, 7) is 1.87. The van der Waals surface area contributed by atoms with Crippen LogP contribution < -0.4 is 27.4 Å². The number of nitrogens with two attached hydrogens (primary N) is 2. The number of hydrogen-bond donors (Lipinski definition) is 6. The third kappa shape index (κ3) is 8.97. The smallest absolute Gasteiger partial charge is 0.326 e. The quantitative estimate of drug-likeness (QED) is 0.110. The Morgan fingerprint density at radius 3 is 1.60 bits per heavy atom. The molecule has 0 aromatic heterocycles. The molecule has 0 aliphatic heterocycles. The average Bonchev–Trinajstić information content (AvgIpc) is 3.02. The van der Waals surface area contributed by atoms with Crippen LogP contribution in [-0.4, -0.2) is 53.5 Å². The third-order valence-electron chi connectivity index (χ3n) is 7.22. The summed E-state index contributed by atoms with van der Waals surface area (Å²) in [5.74, 6) is -2.87. The second kappa shape index (κ2) is 16.2. The van der Waals surface area contributed by atoms with Crippen molar-refractivity contribution in [1.29, 1.82) is 0 Å². The molecule has 0 heterocycles. The molecule has 8 N–H and O–H groups in total. The molecule has 10 nitrogen and oxygen atoms in total. The molecular formula is C33H41N5O5. The Kier molecular flexibility index (Phi) is 12.4. The summed E-state index contributed by atoms with van der Waals surface area (Å²) in [4.78, 5) is 51.2. The van der Waals surface area contributed by atoms with E-state index in [9.17, 15) is 24.3 Å². The summed E-state index contributed by atoms with van der Waals surface area (Å²) in [7, 11) is 0. The second-order valence-electron chi connectivity index (χ2n) is 10.5. The van der Waals surface area contributed by atoms with Gasteiger partial charge in [0, 0.05) is 6.42 Å². The van der Waals surface area contributed by atoms with E-state index in [0.717, 1.165) is 16.7 Å². The van der Waals surface area contributed by atoms with E-state index in [1.807, 2.05) is 91.0 Å². The predicted molar refractivity (Wildman–Crippen MR) is 165 cm³/mol. The highest BCUT2D eigenvalue weighted by molar-refractivity contribution is 5.92. The summed E-state index contributed by atoms with van der Waals surface area (Å²) in [6.07, 6.45) is 1.07. The number of hydrogen-bond acceptors (Lipinski definition) is 6. The van der Waals surface area contributed by atoms with Gasteiger partial charge in [0.15, 0.2) is 0 Å². The minimum Gasteiger partial charge on any atom is -0.480 e. The lowest BCUT2D eigenvalue weighted by molar-refractivity contribution is -0.142. The molecule has 3 aromatic carbocycles. The van der Waals surface area contributed by atoms with E-state index in [1.165, 1.54) is 6.92 Å².